The van der Waals surface area contributed by atoms with Crippen molar-refractivity contribution in [1.29, 1.82) is 0 Å². The van der Waals surface area contributed by atoms with Crippen LogP contribution in [0.5, 0.6) is 0 Å². The number of carbonyl (C=O) groups excluding carboxylic acids is 1. The molecule has 1 aliphatic carbocycles. The lowest BCUT2D eigenvalue weighted by molar-refractivity contribution is 0.00933. The Bertz CT molecular complexity index is 428. The van der Waals surface area contributed by atoms with Crippen molar-refractivity contribution in [3.63, 3.8) is 0 Å². The number of ether oxygens (including phenoxy) is 1. The highest BCUT2D eigenvalue weighted by Crippen LogP contribution is 2.50. The number of nitrogens with one attached hydrogen (secondary N) is 1. The van der Waals surface area contributed by atoms with E-state index in [1.54, 1.807) is 0 Å². The Balaban J connectivity index is 1.52. The van der Waals surface area contributed by atoms with Crippen LogP contribution in [0.1, 0.15) is 52.9 Å². The van der Waals surface area contributed by atoms with Gasteiger partial charge < -0.3 is 15.0 Å². The molecule has 23 heavy (non-hydrogen) atoms. The summed E-state index contributed by atoms with van der Waals surface area (Å²) in [5, 5.41) is 3.52. The van der Waals surface area contributed by atoms with Crippen LogP contribution in [0.2, 0.25) is 0 Å². The molecule has 1 unspecified atom stereocenters. The third-order valence-electron chi connectivity index (χ3n) is 5.95. The SMILES string of the molecule is CN(C1CCN(C(=O)OC(C)(C)C)CC1)C1(C2CCNC2)CC1. The highest BCUT2D eigenvalue weighted by molar-refractivity contribution is 5.68. The summed E-state index contributed by atoms with van der Waals surface area (Å²) in [4.78, 5) is 16.7. The average molecular weight is 323 g/mol. The van der Waals surface area contributed by atoms with Crippen LogP contribution in [0.25, 0.3) is 0 Å². The van der Waals surface area contributed by atoms with E-state index in [-0.39, 0.29) is 6.09 Å². The number of amides is 1. The highest BCUT2D eigenvalue weighted by Gasteiger charge is 2.54. The van der Waals surface area contributed by atoms with Gasteiger partial charge >= 0.3 is 6.09 Å². The molecule has 0 aromatic heterocycles. The van der Waals surface area contributed by atoms with Crippen LogP contribution >= 0.6 is 0 Å². The molecule has 0 aromatic carbocycles. The van der Waals surface area contributed by atoms with E-state index in [2.05, 4.69) is 17.3 Å². The molecule has 0 aromatic rings. The Kier molecular flexibility index (Phi) is 4.62. The smallest absolute Gasteiger partial charge is 0.410 e. The number of carbonyl (C=O) groups is 1. The molecule has 0 spiro atoms. The van der Waals surface area contributed by atoms with Crippen molar-refractivity contribution in [2.75, 3.05) is 33.2 Å². The fourth-order valence-electron chi connectivity index (χ4n) is 4.42. The lowest BCUT2D eigenvalue weighted by atomic mass is 9.91. The molecule has 2 aliphatic heterocycles. The number of rotatable bonds is 3. The van der Waals surface area contributed by atoms with Crippen molar-refractivity contribution < 1.29 is 9.53 Å². The van der Waals surface area contributed by atoms with Gasteiger partial charge in [0.2, 0.25) is 0 Å². The van der Waals surface area contributed by atoms with Crippen molar-refractivity contribution in [3.05, 3.63) is 0 Å². The summed E-state index contributed by atoms with van der Waals surface area (Å²) in [6, 6.07) is 0.608. The number of piperidine rings is 1. The Morgan fingerprint density at radius 1 is 1.22 bits per heavy atom. The minimum absolute atomic E-state index is 0.153. The Labute approximate surface area is 140 Å². The van der Waals surface area contributed by atoms with E-state index in [0.717, 1.165) is 31.8 Å². The van der Waals surface area contributed by atoms with Gasteiger partial charge in [0.05, 0.1) is 0 Å². The molecule has 0 radical (unpaired) electrons. The molecule has 1 atom stereocenters. The first-order valence-electron chi connectivity index (χ1n) is 9.23. The van der Waals surface area contributed by atoms with E-state index in [9.17, 15) is 4.79 Å². The van der Waals surface area contributed by atoms with Gasteiger partial charge in [0, 0.05) is 24.7 Å². The minimum atomic E-state index is -0.404. The van der Waals surface area contributed by atoms with Gasteiger partial charge in [0.1, 0.15) is 5.60 Å². The number of hydrogen-bond donors (Lipinski definition) is 1. The Hall–Kier alpha value is -0.810. The van der Waals surface area contributed by atoms with Gasteiger partial charge in [0.15, 0.2) is 0 Å². The van der Waals surface area contributed by atoms with E-state index >= 15 is 0 Å². The fourth-order valence-corrected chi connectivity index (χ4v) is 4.42. The molecule has 5 heteroatoms. The quantitative estimate of drug-likeness (QED) is 0.866. The number of hydrogen-bond acceptors (Lipinski definition) is 4. The van der Waals surface area contributed by atoms with Gasteiger partial charge in [-0.05, 0) is 78.9 Å². The second-order valence-electron chi connectivity index (χ2n) is 8.60. The molecule has 3 fully saturated rings. The predicted octanol–water partition coefficient (Wildman–Crippen LogP) is 2.46. The predicted molar refractivity (Wildman–Crippen MR) is 91.5 cm³/mol. The van der Waals surface area contributed by atoms with Crippen molar-refractivity contribution in [2.24, 2.45) is 5.92 Å². The summed E-state index contributed by atoms with van der Waals surface area (Å²) < 4.78 is 5.50. The minimum Gasteiger partial charge on any atom is -0.444 e. The Morgan fingerprint density at radius 3 is 2.35 bits per heavy atom. The van der Waals surface area contributed by atoms with Gasteiger partial charge in [-0.15, -0.1) is 0 Å². The molecule has 3 rings (SSSR count). The maximum Gasteiger partial charge on any atom is 0.410 e. The Morgan fingerprint density at radius 2 is 1.87 bits per heavy atom. The van der Waals surface area contributed by atoms with Gasteiger partial charge in [-0.25, -0.2) is 4.79 Å². The monoisotopic (exact) mass is 323 g/mol. The molecule has 1 saturated carbocycles. The maximum atomic E-state index is 12.2. The van der Waals surface area contributed by atoms with Crippen LogP contribution in [0, 0.1) is 5.92 Å². The molecule has 5 nitrogen and oxygen atoms in total. The molecule has 3 aliphatic rings. The van der Waals surface area contributed by atoms with Crippen LogP contribution in [-0.4, -0.2) is 66.3 Å². The average Bonchev–Trinajstić information content (AvgIpc) is 3.11. The van der Waals surface area contributed by atoms with Crippen LogP contribution in [0.4, 0.5) is 4.79 Å². The van der Waals surface area contributed by atoms with Crippen molar-refractivity contribution in [2.45, 2.75) is 70.1 Å². The zero-order valence-electron chi connectivity index (χ0n) is 15.2. The van der Waals surface area contributed by atoms with Crippen LogP contribution < -0.4 is 5.32 Å². The topological polar surface area (TPSA) is 44.8 Å². The maximum absolute atomic E-state index is 12.2. The first-order chi connectivity index (χ1) is 10.8. The van der Waals surface area contributed by atoms with E-state index in [0.29, 0.717) is 11.6 Å². The van der Waals surface area contributed by atoms with E-state index in [4.69, 9.17) is 4.74 Å². The van der Waals surface area contributed by atoms with Gasteiger partial charge in [0.25, 0.3) is 0 Å². The van der Waals surface area contributed by atoms with E-state index < -0.39 is 5.60 Å². The molecule has 2 saturated heterocycles. The summed E-state index contributed by atoms with van der Waals surface area (Å²) in [5.41, 5.74) is 0.0422. The third kappa shape index (κ3) is 3.66. The molecule has 1 amide bonds. The summed E-state index contributed by atoms with van der Waals surface area (Å²) in [6.45, 7) is 9.79. The lowest BCUT2D eigenvalue weighted by Crippen LogP contribution is -2.52. The molecule has 0 bridgehead atoms. The normalized spacial score (nSPS) is 28.2. The first kappa shape index (κ1) is 17.0. The van der Waals surface area contributed by atoms with Gasteiger partial charge in [-0.2, -0.15) is 0 Å². The van der Waals surface area contributed by atoms with Crippen molar-refractivity contribution >= 4 is 6.09 Å². The van der Waals surface area contributed by atoms with Gasteiger partial charge in [-0.1, -0.05) is 0 Å². The second-order valence-corrected chi connectivity index (χ2v) is 8.60. The second kappa shape index (κ2) is 6.25. The number of likely N-dealkylation sites (tertiary alicyclic amines) is 1. The van der Waals surface area contributed by atoms with Crippen LogP contribution in [0.15, 0.2) is 0 Å². The first-order valence-corrected chi connectivity index (χ1v) is 9.23. The summed E-state index contributed by atoms with van der Waals surface area (Å²) >= 11 is 0. The molecule has 132 valence electrons. The third-order valence-corrected chi connectivity index (χ3v) is 5.95. The molecule has 2 heterocycles. The van der Waals surface area contributed by atoms with Gasteiger partial charge in [-0.3, -0.25) is 4.90 Å². The summed E-state index contributed by atoms with van der Waals surface area (Å²) in [6.07, 6.45) is 6.00. The van der Waals surface area contributed by atoms with Crippen LogP contribution in [-0.2, 0) is 4.74 Å². The highest BCUT2D eigenvalue weighted by atomic mass is 16.6. The zero-order valence-corrected chi connectivity index (χ0v) is 15.2. The largest absolute Gasteiger partial charge is 0.444 e. The zero-order chi connectivity index (χ0) is 16.7. The molecular formula is C18H33N3O2. The summed E-state index contributed by atoms with van der Waals surface area (Å²) in [7, 11) is 2.32. The standard InChI is InChI=1S/C18H33N3O2/c1-17(2,3)23-16(22)21-11-6-15(7-12-21)20(4)18(8-9-18)14-5-10-19-13-14/h14-15,19H,5-13H2,1-4H3. The van der Waals surface area contributed by atoms with E-state index in [1.807, 2.05) is 25.7 Å². The fraction of sp³-hybridized carbons (Fsp3) is 0.944. The van der Waals surface area contributed by atoms with E-state index in [1.165, 1.54) is 32.4 Å². The number of nitrogens with zero attached hydrogens (tertiary/aromatic N) is 2. The molecule has 1 N–H and O–H groups in total. The van der Waals surface area contributed by atoms with Crippen molar-refractivity contribution in [1.82, 2.24) is 15.1 Å². The van der Waals surface area contributed by atoms with Crippen LogP contribution in [0.3, 0.4) is 0 Å². The molecular weight excluding hydrogens is 290 g/mol. The summed E-state index contributed by atoms with van der Waals surface area (Å²) in [5.74, 6) is 0.816. The lowest BCUT2D eigenvalue weighted by Gasteiger charge is -2.43. The van der Waals surface area contributed by atoms with Crippen molar-refractivity contribution in [3.8, 4) is 0 Å².